The number of fused-ring (bicyclic) bond motifs is 2. The van der Waals surface area contributed by atoms with E-state index in [0.29, 0.717) is 43.9 Å². The number of rotatable bonds is 8. The minimum Gasteiger partial charge on any atom is -0.394 e. The van der Waals surface area contributed by atoms with Gasteiger partial charge in [-0.15, -0.1) is 0 Å². The maximum absolute atomic E-state index is 14.0. The van der Waals surface area contributed by atoms with Crippen molar-refractivity contribution in [3.63, 3.8) is 0 Å². The average Bonchev–Trinajstić information content (AvgIpc) is 3.27. The predicted molar refractivity (Wildman–Crippen MR) is 168 cm³/mol. The second-order valence-corrected chi connectivity index (χ2v) is 11.8. The van der Waals surface area contributed by atoms with Crippen LogP contribution in [-0.4, -0.2) is 65.1 Å². The second kappa shape index (κ2) is 12.4. The van der Waals surface area contributed by atoms with E-state index >= 15 is 0 Å². The van der Waals surface area contributed by atoms with Gasteiger partial charge in [-0.1, -0.05) is 73.7 Å². The van der Waals surface area contributed by atoms with Crippen LogP contribution in [0.15, 0.2) is 84.9 Å². The van der Waals surface area contributed by atoms with Gasteiger partial charge < -0.3 is 30.2 Å². The maximum atomic E-state index is 14.0. The third-order valence-electron chi connectivity index (χ3n) is 9.09. The van der Waals surface area contributed by atoms with Crippen LogP contribution in [0, 0.1) is 5.92 Å². The molecule has 9 nitrogen and oxygen atoms in total. The molecule has 3 aliphatic rings. The van der Waals surface area contributed by atoms with Gasteiger partial charge in [-0.3, -0.25) is 14.4 Å². The van der Waals surface area contributed by atoms with Crippen LogP contribution in [0.1, 0.15) is 35.6 Å². The highest BCUT2D eigenvalue weighted by molar-refractivity contribution is 6.07. The fourth-order valence-corrected chi connectivity index (χ4v) is 6.62. The van der Waals surface area contributed by atoms with E-state index in [0.717, 1.165) is 22.4 Å². The number of hydrogen-bond acceptors (Lipinski definition) is 6. The van der Waals surface area contributed by atoms with Gasteiger partial charge in [0.15, 0.2) is 5.60 Å². The largest absolute Gasteiger partial charge is 0.394 e. The molecule has 3 N–H and O–H groups in total. The van der Waals surface area contributed by atoms with Crippen molar-refractivity contribution >= 4 is 29.1 Å². The second-order valence-electron chi connectivity index (χ2n) is 11.8. The molecule has 0 aliphatic carbocycles. The Hall–Kier alpha value is -4.31. The average molecular weight is 595 g/mol. The SMILES string of the molecule is C[C@@H](/C=C/CC(=O)N1Cc2ccccc2C[C@H]1CO)[C@]1(O)C(=O)N(Cc2cccc(N3CCNCC3=O)c2)c2ccccc21. The predicted octanol–water partition coefficient (Wildman–Crippen LogP) is 2.89. The molecule has 3 aliphatic heterocycles. The van der Waals surface area contributed by atoms with Crippen LogP contribution in [0.4, 0.5) is 11.4 Å². The molecule has 3 atom stereocenters. The van der Waals surface area contributed by atoms with Gasteiger partial charge in [0, 0.05) is 43.2 Å². The molecule has 3 heterocycles. The van der Waals surface area contributed by atoms with Crippen molar-refractivity contribution in [2.24, 2.45) is 5.92 Å². The molecule has 0 saturated carbocycles. The van der Waals surface area contributed by atoms with Crippen LogP contribution in [0.2, 0.25) is 0 Å². The van der Waals surface area contributed by atoms with E-state index < -0.39 is 17.4 Å². The summed E-state index contributed by atoms with van der Waals surface area (Å²) < 4.78 is 0. The highest BCUT2D eigenvalue weighted by Crippen LogP contribution is 2.45. The van der Waals surface area contributed by atoms with Crippen LogP contribution in [0.3, 0.4) is 0 Å². The Kier molecular flexibility index (Phi) is 8.35. The molecule has 6 rings (SSSR count). The number of nitrogens with one attached hydrogen (secondary N) is 1. The number of amides is 3. The van der Waals surface area contributed by atoms with Gasteiger partial charge in [0.2, 0.25) is 11.8 Å². The first-order chi connectivity index (χ1) is 21.3. The molecule has 0 bridgehead atoms. The molecular formula is C35H38N4O5. The van der Waals surface area contributed by atoms with E-state index in [2.05, 4.69) is 5.32 Å². The lowest BCUT2D eigenvalue weighted by atomic mass is 9.83. The van der Waals surface area contributed by atoms with Crippen LogP contribution < -0.4 is 15.1 Å². The molecule has 1 saturated heterocycles. The normalized spacial score (nSPS) is 22.3. The van der Waals surface area contributed by atoms with E-state index in [4.69, 9.17) is 0 Å². The lowest BCUT2D eigenvalue weighted by Crippen LogP contribution is -2.48. The monoisotopic (exact) mass is 594 g/mol. The van der Waals surface area contributed by atoms with Crippen LogP contribution in [0.25, 0.3) is 0 Å². The Labute approximate surface area is 257 Å². The van der Waals surface area contributed by atoms with E-state index in [9.17, 15) is 24.6 Å². The van der Waals surface area contributed by atoms with Gasteiger partial charge >= 0.3 is 0 Å². The number of aliphatic hydroxyl groups excluding tert-OH is 1. The van der Waals surface area contributed by atoms with Crippen LogP contribution in [0.5, 0.6) is 0 Å². The number of benzene rings is 3. The summed E-state index contributed by atoms with van der Waals surface area (Å²) in [5.74, 6) is -1.16. The molecule has 0 radical (unpaired) electrons. The van der Waals surface area contributed by atoms with Crippen molar-refractivity contribution in [3.8, 4) is 0 Å². The number of carbonyl (C=O) groups excluding carboxylic acids is 3. The summed E-state index contributed by atoms with van der Waals surface area (Å²) >= 11 is 0. The molecule has 0 aromatic heterocycles. The van der Waals surface area contributed by atoms with Crippen molar-refractivity contribution in [1.29, 1.82) is 0 Å². The number of carbonyl (C=O) groups is 3. The lowest BCUT2D eigenvalue weighted by molar-refractivity contribution is -0.139. The molecule has 9 heteroatoms. The number of hydrogen-bond donors (Lipinski definition) is 3. The highest BCUT2D eigenvalue weighted by atomic mass is 16.3. The molecule has 0 spiro atoms. The first kappa shape index (κ1) is 29.7. The summed E-state index contributed by atoms with van der Waals surface area (Å²) in [7, 11) is 0. The van der Waals surface area contributed by atoms with Crippen molar-refractivity contribution in [2.75, 3.05) is 36.0 Å². The molecule has 228 valence electrons. The molecule has 3 aromatic carbocycles. The fourth-order valence-electron chi connectivity index (χ4n) is 6.62. The van der Waals surface area contributed by atoms with Gasteiger partial charge in [0.1, 0.15) is 0 Å². The Morgan fingerprint density at radius 1 is 1.07 bits per heavy atom. The van der Waals surface area contributed by atoms with Gasteiger partial charge in [0.25, 0.3) is 5.91 Å². The Morgan fingerprint density at radius 2 is 1.84 bits per heavy atom. The summed E-state index contributed by atoms with van der Waals surface area (Å²) in [6.07, 6.45) is 4.15. The number of nitrogens with zero attached hydrogens (tertiary/aromatic N) is 3. The minimum atomic E-state index is -1.81. The quantitative estimate of drug-likeness (QED) is 0.346. The summed E-state index contributed by atoms with van der Waals surface area (Å²) in [4.78, 5) is 44.7. The number of para-hydroxylation sites is 1. The lowest BCUT2D eigenvalue weighted by Gasteiger charge is -2.36. The van der Waals surface area contributed by atoms with E-state index in [1.54, 1.807) is 45.9 Å². The fraction of sp³-hybridized carbons (Fsp3) is 0.343. The Morgan fingerprint density at radius 3 is 2.64 bits per heavy atom. The molecule has 3 aromatic rings. The zero-order valence-corrected chi connectivity index (χ0v) is 24.9. The van der Waals surface area contributed by atoms with Crippen molar-refractivity contribution in [3.05, 3.63) is 107 Å². The van der Waals surface area contributed by atoms with E-state index in [1.165, 1.54) is 0 Å². The van der Waals surface area contributed by atoms with Gasteiger partial charge in [-0.05, 0) is 41.3 Å². The minimum absolute atomic E-state index is 0.00134. The third kappa shape index (κ3) is 5.43. The van der Waals surface area contributed by atoms with Gasteiger partial charge in [-0.25, -0.2) is 0 Å². The Balaban J connectivity index is 1.18. The van der Waals surface area contributed by atoms with E-state index in [-0.39, 0.29) is 37.4 Å². The van der Waals surface area contributed by atoms with Crippen molar-refractivity contribution < 1.29 is 24.6 Å². The first-order valence-corrected chi connectivity index (χ1v) is 15.2. The molecule has 0 unspecified atom stereocenters. The first-order valence-electron chi connectivity index (χ1n) is 15.2. The van der Waals surface area contributed by atoms with Crippen molar-refractivity contribution in [1.82, 2.24) is 10.2 Å². The topological polar surface area (TPSA) is 113 Å². The summed E-state index contributed by atoms with van der Waals surface area (Å²) in [6.45, 7) is 3.93. The van der Waals surface area contributed by atoms with E-state index in [1.807, 2.05) is 60.7 Å². The number of piperazine rings is 1. The third-order valence-corrected chi connectivity index (χ3v) is 9.09. The highest BCUT2D eigenvalue weighted by Gasteiger charge is 2.52. The standard InChI is InChI=1S/C35H38N4O5/c1-24(8-6-15-32(41)38-22-27-11-3-2-10-26(27)19-29(38)23-40)35(44)30-13-4-5-14-31(30)39(34(35)43)21-25-9-7-12-28(18-25)37-17-16-36-20-33(37)42/h2-14,18,24,29,36,40,44H,15-17,19-23H2,1H3/b8-6+/t24-,29-,35+/m0/s1. The zero-order valence-electron chi connectivity index (χ0n) is 24.9. The molecule has 1 fully saturated rings. The molecule has 3 amide bonds. The summed E-state index contributed by atoms with van der Waals surface area (Å²) in [6, 6.07) is 22.5. The molecular weight excluding hydrogens is 556 g/mol. The molecule has 44 heavy (non-hydrogen) atoms. The Bertz CT molecular complexity index is 1610. The van der Waals surface area contributed by atoms with Crippen LogP contribution >= 0.6 is 0 Å². The van der Waals surface area contributed by atoms with Crippen LogP contribution in [-0.2, 0) is 39.5 Å². The zero-order chi connectivity index (χ0) is 30.8. The van der Waals surface area contributed by atoms with Gasteiger partial charge in [0.05, 0.1) is 31.4 Å². The number of aliphatic hydroxyl groups is 2. The number of anilines is 2. The summed E-state index contributed by atoms with van der Waals surface area (Å²) in [5, 5.41) is 25.0. The van der Waals surface area contributed by atoms with Gasteiger partial charge in [-0.2, -0.15) is 0 Å². The van der Waals surface area contributed by atoms with Crippen molar-refractivity contribution in [2.45, 2.75) is 44.5 Å². The smallest absolute Gasteiger partial charge is 0.264 e. The summed E-state index contributed by atoms with van der Waals surface area (Å²) in [5.41, 5.74) is 3.21. The maximum Gasteiger partial charge on any atom is 0.264 e.